The van der Waals surface area contributed by atoms with E-state index < -0.39 is 0 Å². The van der Waals surface area contributed by atoms with Gasteiger partial charge in [-0.15, -0.1) is 0 Å². The average molecular weight is 316 g/mol. The summed E-state index contributed by atoms with van der Waals surface area (Å²) in [6.45, 7) is 0.984. The van der Waals surface area contributed by atoms with Crippen molar-refractivity contribution < 1.29 is 18.8 Å². The van der Waals surface area contributed by atoms with Crippen LogP contribution in [0.3, 0.4) is 0 Å². The molecule has 2 aromatic rings. The Morgan fingerprint density at radius 2 is 2.09 bits per heavy atom. The van der Waals surface area contributed by atoms with Gasteiger partial charge in [-0.05, 0) is 24.3 Å². The zero-order valence-electron chi connectivity index (χ0n) is 12.6. The summed E-state index contributed by atoms with van der Waals surface area (Å²) in [6, 6.07) is 8.55. The van der Waals surface area contributed by atoms with Gasteiger partial charge in [-0.2, -0.15) is 0 Å². The molecule has 3 rings (SSSR count). The zero-order chi connectivity index (χ0) is 16.2. The molecule has 0 bridgehead atoms. The summed E-state index contributed by atoms with van der Waals surface area (Å²) in [7, 11) is 1.59. The summed E-state index contributed by atoms with van der Waals surface area (Å²) in [5, 5.41) is 6.16. The number of carbonyl (C=O) groups is 2. The van der Waals surface area contributed by atoms with E-state index in [9.17, 15) is 9.59 Å². The highest BCUT2D eigenvalue weighted by Gasteiger charge is 2.30. The van der Waals surface area contributed by atoms with Crippen molar-refractivity contribution in [1.82, 2.24) is 10.1 Å². The second-order valence-corrected chi connectivity index (χ2v) is 4.99. The van der Waals surface area contributed by atoms with E-state index >= 15 is 0 Å². The van der Waals surface area contributed by atoms with Crippen LogP contribution in [0.2, 0.25) is 0 Å². The minimum atomic E-state index is -0.316. The van der Waals surface area contributed by atoms with E-state index in [1.165, 1.54) is 17.2 Å². The summed E-state index contributed by atoms with van der Waals surface area (Å²) < 4.78 is 9.74. The molecule has 3 amide bonds. The van der Waals surface area contributed by atoms with Gasteiger partial charge >= 0.3 is 6.03 Å². The number of hydrogen-bond acceptors (Lipinski definition) is 5. The number of nitrogens with zero attached hydrogens (tertiary/aromatic N) is 3. The predicted molar refractivity (Wildman–Crippen MR) is 82.4 cm³/mol. The van der Waals surface area contributed by atoms with E-state index in [1.807, 2.05) is 12.1 Å². The number of methoxy groups -OCH3 is 1. The highest BCUT2D eigenvalue weighted by Crippen LogP contribution is 2.23. The van der Waals surface area contributed by atoms with Crippen LogP contribution in [0.25, 0.3) is 0 Å². The molecule has 8 heteroatoms. The molecule has 0 aliphatic carbocycles. The van der Waals surface area contributed by atoms with E-state index in [0.29, 0.717) is 18.9 Å². The number of rotatable bonds is 5. The molecule has 0 atom stereocenters. The quantitative estimate of drug-likeness (QED) is 0.904. The van der Waals surface area contributed by atoms with Crippen LogP contribution in [0, 0.1) is 0 Å². The Labute approximate surface area is 132 Å². The molecule has 23 heavy (non-hydrogen) atoms. The van der Waals surface area contributed by atoms with Crippen molar-refractivity contribution in [2.24, 2.45) is 0 Å². The van der Waals surface area contributed by atoms with Crippen molar-refractivity contribution in [2.75, 3.05) is 37.0 Å². The maximum Gasteiger partial charge on any atom is 0.325 e. The lowest BCUT2D eigenvalue weighted by atomic mass is 10.3. The highest BCUT2D eigenvalue weighted by atomic mass is 16.5. The summed E-state index contributed by atoms with van der Waals surface area (Å²) >= 11 is 0. The van der Waals surface area contributed by atoms with Gasteiger partial charge in [0.05, 0.1) is 7.11 Å². The Bertz CT molecular complexity index is 684. The second-order valence-electron chi connectivity index (χ2n) is 4.99. The number of ether oxygens (including phenoxy) is 1. The average Bonchev–Trinajstić information content (AvgIpc) is 3.18. The highest BCUT2D eigenvalue weighted by molar-refractivity contribution is 5.99. The molecule has 0 spiro atoms. The van der Waals surface area contributed by atoms with Gasteiger partial charge in [0, 0.05) is 24.8 Å². The number of benzene rings is 1. The van der Waals surface area contributed by atoms with Crippen molar-refractivity contribution in [3.8, 4) is 5.75 Å². The third kappa shape index (κ3) is 3.25. The Morgan fingerprint density at radius 3 is 2.74 bits per heavy atom. The number of nitrogens with one attached hydrogen (secondary N) is 1. The maximum atomic E-state index is 12.4. The van der Waals surface area contributed by atoms with Gasteiger partial charge in [0.2, 0.25) is 5.91 Å². The molecule has 8 nitrogen and oxygen atoms in total. The Hall–Kier alpha value is -3.03. The van der Waals surface area contributed by atoms with Crippen LogP contribution in [0.15, 0.2) is 41.1 Å². The van der Waals surface area contributed by atoms with Crippen molar-refractivity contribution >= 4 is 23.4 Å². The Morgan fingerprint density at radius 1 is 1.30 bits per heavy atom. The largest absolute Gasteiger partial charge is 0.497 e. The Kier molecular flexibility index (Phi) is 4.13. The molecule has 1 aromatic carbocycles. The van der Waals surface area contributed by atoms with Crippen LogP contribution < -0.4 is 15.0 Å². The fourth-order valence-corrected chi connectivity index (χ4v) is 2.36. The molecule has 0 saturated carbocycles. The van der Waals surface area contributed by atoms with Crippen LogP contribution in [0.5, 0.6) is 5.75 Å². The number of anilines is 2. The minimum absolute atomic E-state index is 0.0294. The van der Waals surface area contributed by atoms with Crippen molar-refractivity contribution in [1.29, 1.82) is 0 Å². The first-order chi connectivity index (χ1) is 11.2. The molecule has 0 radical (unpaired) electrons. The third-order valence-electron chi connectivity index (χ3n) is 3.52. The molecule has 1 fully saturated rings. The van der Waals surface area contributed by atoms with Crippen molar-refractivity contribution in [3.05, 3.63) is 36.6 Å². The number of carbonyl (C=O) groups excluding carboxylic acids is 2. The number of aromatic nitrogens is 1. The summed E-state index contributed by atoms with van der Waals surface area (Å²) in [5.41, 5.74) is 0.773. The number of amides is 3. The SMILES string of the molecule is COc1ccc(N2CCN(CC(=O)Nc3ccon3)C2=O)cc1. The third-order valence-corrected chi connectivity index (χ3v) is 3.52. The van der Waals surface area contributed by atoms with Crippen LogP contribution in [0.4, 0.5) is 16.3 Å². The van der Waals surface area contributed by atoms with Gasteiger partial charge < -0.3 is 19.5 Å². The molecule has 1 saturated heterocycles. The molecule has 0 unspecified atom stereocenters. The van der Waals surface area contributed by atoms with E-state index in [0.717, 1.165) is 11.4 Å². The van der Waals surface area contributed by atoms with Crippen LogP contribution in [0.1, 0.15) is 0 Å². The van der Waals surface area contributed by atoms with Crippen LogP contribution >= 0.6 is 0 Å². The molecule has 1 aromatic heterocycles. The first-order valence-electron chi connectivity index (χ1n) is 7.08. The van der Waals surface area contributed by atoms with E-state index in [2.05, 4.69) is 15.0 Å². The van der Waals surface area contributed by atoms with Gasteiger partial charge in [0.1, 0.15) is 18.6 Å². The van der Waals surface area contributed by atoms with Gasteiger partial charge in [-0.1, -0.05) is 5.16 Å². The van der Waals surface area contributed by atoms with Gasteiger partial charge in [-0.25, -0.2) is 4.79 Å². The zero-order valence-corrected chi connectivity index (χ0v) is 12.6. The molecule has 1 aliphatic heterocycles. The monoisotopic (exact) mass is 316 g/mol. The minimum Gasteiger partial charge on any atom is -0.497 e. The van der Waals surface area contributed by atoms with E-state index in [4.69, 9.17) is 4.74 Å². The summed E-state index contributed by atoms with van der Waals surface area (Å²) in [4.78, 5) is 27.4. The van der Waals surface area contributed by atoms with Crippen molar-refractivity contribution in [3.63, 3.8) is 0 Å². The lowest BCUT2D eigenvalue weighted by Gasteiger charge is -2.18. The molecular weight excluding hydrogens is 300 g/mol. The summed E-state index contributed by atoms with van der Waals surface area (Å²) in [6.07, 6.45) is 1.36. The van der Waals surface area contributed by atoms with E-state index in [-0.39, 0.29) is 18.5 Å². The lowest BCUT2D eigenvalue weighted by Crippen LogP contribution is -2.37. The normalized spacial score (nSPS) is 14.2. The first-order valence-corrected chi connectivity index (χ1v) is 7.08. The van der Waals surface area contributed by atoms with Crippen LogP contribution in [-0.4, -0.2) is 48.7 Å². The smallest absolute Gasteiger partial charge is 0.325 e. The Balaban J connectivity index is 1.60. The maximum absolute atomic E-state index is 12.4. The summed E-state index contributed by atoms with van der Waals surface area (Å²) in [5.74, 6) is 0.738. The predicted octanol–water partition coefficient (Wildman–Crippen LogP) is 1.56. The first kappa shape index (κ1) is 14.9. The number of hydrogen-bond donors (Lipinski definition) is 1. The van der Waals surface area contributed by atoms with Crippen LogP contribution in [-0.2, 0) is 4.79 Å². The lowest BCUT2D eigenvalue weighted by molar-refractivity contribution is -0.116. The molecule has 2 heterocycles. The molecule has 1 aliphatic rings. The fraction of sp³-hybridized carbons (Fsp3) is 0.267. The number of urea groups is 1. The molecular formula is C15H16N4O4. The van der Waals surface area contributed by atoms with Gasteiger partial charge in [0.15, 0.2) is 5.82 Å². The fourth-order valence-electron chi connectivity index (χ4n) is 2.36. The van der Waals surface area contributed by atoms with Gasteiger partial charge in [0.25, 0.3) is 0 Å². The van der Waals surface area contributed by atoms with Gasteiger partial charge in [-0.3, -0.25) is 9.69 Å². The van der Waals surface area contributed by atoms with E-state index in [1.54, 1.807) is 24.1 Å². The molecule has 120 valence electrons. The molecule has 1 N–H and O–H groups in total. The standard InChI is InChI=1S/C15H16N4O4/c1-22-12-4-2-11(3-5-12)19-8-7-18(15(19)21)10-14(20)16-13-6-9-23-17-13/h2-6,9H,7-8,10H2,1H3,(H,16,17,20). The van der Waals surface area contributed by atoms with Crippen molar-refractivity contribution in [2.45, 2.75) is 0 Å². The second kappa shape index (κ2) is 6.39. The topological polar surface area (TPSA) is 87.9 Å².